The van der Waals surface area contributed by atoms with E-state index in [1.54, 1.807) is 0 Å². The second kappa shape index (κ2) is 5.40. The predicted octanol–water partition coefficient (Wildman–Crippen LogP) is 2.27. The number of aliphatic hydroxyl groups is 1. The smallest absolute Gasteiger partial charge is 0.125 e. The fourth-order valence-corrected chi connectivity index (χ4v) is 1.05. The van der Waals surface area contributed by atoms with Crippen molar-refractivity contribution in [3.8, 4) is 5.75 Å². The minimum absolute atomic E-state index is 0.219. The van der Waals surface area contributed by atoms with Gasteiger partial charge in [0.2, 0.25) is 0 Å². The normalized spacial score (nSPS) is 10.8. The molecule has 0 radical (unpaired) electrons. The van der Waals surface area contributed by atoms with Crippen LogP contribution in [0.3, 0.4) is 0 Å². The first-order chi connectivity index (χ1) is 6.77. The maximum Gasteiger partial charge on any atom is 0.125 e. The lowest BCUT2D eigenvalue weighted by atomic mass is 10.2. The van der Waals surface area contributed by atoms with Gasteiger partial charge in [0.15, 0.2) is 0 Å². The maximum atomic E-state index is 12.7. The van der Waals surface area contributed by atoms with E-state index in [2.05, 4.69) is 0 Å². The summed E-state index contributed by atoms with van der Waals surface area (Å²) >= 11 is 0. The molecule has 1 aromatic rings. The first-order valence-corrected chi connectivity index (χ1v) is 4.41. The van der Waals surface area contributed by atoms with Gasteiger partial charge in [-0.1, -0.05) is 12.2 Å². The zero-order chi connectivity index (χ0) is 10.4. The molecule has 1 N–H and O–H groups in total. The zero-order valence-corrected chi connectivity index (χ0v) is 8.03. The molecule has 0 fully saturated rings. The second-order valence-electron chi connectivity index (χ2n) is 2.79. The largest absolute Gasteiger partial charge is 0.489 e. The molecule has 14 heavy (non-hydrogen) atoms. The molecular weight excluding hydrogens is 183 g/mol. The first kappa shape index (κ1) is 10.7. The molecule has 0 saturated heterocycles. The Morgan fingerprint density at radius 1 is 1.50 bits per heavy atom. The molecule has 1 rings (SSSR count). The Bertz CT molecular complexity index is 321. The molecule has 1 aromatic carbocycles. The van der Waals surface area contributed by atoms with Gasteiger partial charge in [0, 0.05) is 5.56 Å². The third-order valence-corrected chi connectivity index (χ3v) is 1.76. The lowest BCUT2D eigenvalue weighted by molar-refractivity contribution is 0.269. The van der Waals surface area contributed by atoms with Crippen LogP contribution in [-0.2, 0) is 6.61 Å². The summed E-state index contributed by atoms with van der Waals surface area (Å²) in [7, 11) is 0. The Morgan fingerprint density at radius 2 is 2.29 bits per heavy atom. The Hall–Kier alpha value is -1.35. The van der Waals surface area contributed by atoms with Gasteiger partial charge in [0.25, 0.3) is 0 Å². The van der Waals surface area contributed by atoms with Gasteiger partial charge in [0.05, 0.1) is 6.61 Å². The van der Waals surface area contributed by atoms with Crippen LogP contribution < -0.4 is 4.74 Å². The Labute approximate surface area is 82.6 Å². The van der Waals surface area contributed by atoms with Crippen molar-refractivity contribution in [1.82, 2.24) is 0 Å². The lowest BCUT2D eigenvalue weighted by Gasteiger charge is -2.07. The van der Waals surface area contributed by atoms with Crippen LogP contribution in [0.2, 0.25) is 0 Å². The summed E-state index contributed by atoms with van der Waals surface area (Å²) in [5, 5.41) is 8.93. The van der Waals surface area contributed by atoms with Crippen LogP contribution in [0.25, 0.3) is 0 Å². The minimum atomic E-state index is -0.368. The molecule has 0 atom stereocenters. The average molecular weight is 196 g/mol. The zero-order valence-electron chi connectivity index (χ0n) is 8.03. The van der Waals surface area contributed by atoms with Gasteiger partial charge in [-0.05, 0) is 25.1 Å². The predicted molar refractivity (Wildman–Crippen MR) is 52.6 cm³/mol. The van der Waals surface area contributed by atoms with Crippen LogP contribution in [0.1, 0.15) is 12.5 Å². The molecule has 3 heteroatoms. The number of allylic oxidation sites excluding steroid dienone is 1. The van der Waals surface area contributed by atoms with Gasteiger partial charge in [-0.25, -0.2) is 4.39 Å². The number of ether oxygens (including phenoxy) is 1. The van der Waals surface area contributed by atoms with Crippen molar-refractivity contribution in [3.05, 3.63) is 41.7 Å². The highest BCUT2D eigenvalue weighted by Crippen LogP contribution is 2.19. The first-order valence-electron chi connectivity index (χ1n) is 4.41. The molecule has 0 bridgehead atoms. The molecule has 0 unspecified atom stereocenters. The van der Waals surface area contributed by atoms with E-state index in [1.165, 1.54) is 18.2 Å². The standard InChI is InChI=1S/C11H13FO2/c1-2-3-6-14-11-5-4-10(12)7-9(11)8-13/h2-5,7,13H,6,8H2,1H3/b3-2+. The Kier molecular flexibility index (Phi) is 4.13. The van der Waals surface area contributed by atoms with Crippen molar-refractivity contribution >= 4 is 0 Å². The minimum Gasteiger partial charge on any atom is -0.489 e. The van der Waals surface area contributed by atoms with E-state index in [9.17, 15) is 4.39 Å². The quantitative estimate of drug-likeness (QED) is 0.748. The molecule has 0 heterocycles. The number of halogens is 1. The highest BCUT2D eigenvalue weighted by atomic mass is 19.1. The van der Waals surface area contributed by atoms with E-state index in [-0.39, 0.29) is 12.4 Å². The molecular formula is C11H13FO2. The van der Waals surface area contributed by atoms with Gasteiger partial charge in [-0.2, -0.15) is 0 Å². The van der Waals surface area contributed by atoms with Crippen molar-refractivity contribution in [2.75, 3.05) is 6.61 Å². The van der Waals surface area contributed by atoms with Crippen molar-refractivity contribution in [2.24, 2.45) is 0 Å². The molecule has 0 aromatic heterocycles. The van der Waals surface area contributed by atoms with Crippen molar-refractivity contribution < 1.29 is 14.2 Å². The molecule has 0 aliphatic rings. The number of rotatable bonds is 4. The van der Waals surface area contributed by atoms with E-state index >= 15 is 0 Å². The van der Waals surface area contributed by atoms with Gasteiger partial charge in [-0.3, -0.25) is 0 Å². The average Bonchev–Trinajstić information content (AvgIpc) is 2.20. The third-order valence-electron chi connectivity index (χ3n) is 1.76. The fourth-order valence-electron chi connectivity index (χ4n) is 1.05. The molecule has 0 saturated carbocycles. The SMILES string of the molecule is C/C=C/COc1ccc(F)cc1CO. The number of aliphatic hydroxyl groups excluding tert-OH is 1. The summed E-state index contributed by atoms with van der Waals surface area (Å²) in [6, 6.07) is 4.10. The van der Waals surface area contributed by atoms with E-state index in [1.807, 2.05) is 19.1 Å². The molecule has 76 valence electrons. The Morgan fingerprint density at radius 3 is 2.93 bits per heavy atom. The number of hydrogen-bond acceptors (Lipinski definition) is 2. The lowest BCUT2D eigenvalue weighted by Crippen LogP contribution is -1.98. The number of hydrogen-bond donors (Lipinski definition) is 1. The van der Waals surface area contributed by atoms with E-state index in [0.29, 0.717) is 17.9 Å². The van der Waals surface area contributed by atoms with E-state index < -0.39 is 0 Å². The van der Waals surface area contributed by atoms with Crippen LogP contribution in [0, 0.1) is 5.82 Å². The van der Waals surface area contributed by atoms with Gasteiger partial charge < -0.3 is 9.84 Å². The highest BCUT2D eigenvalue weighted by molar-refractivity contribution is 5.33. The summed E-state index contributed by atoms with van der Waals surface area (Å²) in [6.07, 6.45) is 3.70. The van der Waals surface area contributed by atoms with Crippen LogP contribution in [-0.4, -0.2) is 11.7 Å². The topological polar surface area (TPSA) is 29.5 Å². The summed E-state index contributed by atoms with van der Waals surface area (Å²) in [6.45, 7) is 2.10. The molecule has 0 spiro atoms. The van der Waals surface area contributed by atoms with Gasteiger partial charge in [-0.15, -0.1) is 0 Å². The third kappa shape index (κ3) is 2.85. The molecule has 0 aliphatic carbocycles. The van der Waals surface area contributed by atoms with Crippen molar-refractivity contribution in [2.45, 2.75) is 13.5 Å². The maximum absolute atomic E-state index is 12.7. The van der Waals surface area contributed by atoms with Crippen LogP contribution in [0.4, 0.5) is 4.39 Å². The van der Waals surface area contributed by atoms with Crippen LogP contribution in [0.15, 0.2) is 30.4 Å². The fraction of sp³-hybridized carbons (Fsp3) is 0.273. The highest BCUT2D eigenvalue weighted by Gasteiger charge is 2.03. The second-order valence-corrected chi connectivity index (χ2v) is 2.79. The van der Waals surface area contributed by atoms with Crippen molar-refractivity contribution in [3.63, 3.8) is 0 Å². The summed E-state index contributed by atoms with van der Waals surface area (Å²) in [5.74, 6) is 0.152. The van der Waals surface area contributed by atoms with Crippen LogP contribution >= 0.6 is 0 Å². The van der Waals surface area contributed by atoms with Crippen LogP contribution in [0.5, 0.6) is 5.75 Å². The molecule has 0 amide bonds. The van der Waals surface area contributed by atoms with Gasteiger partial charge in [0.1, 0.15) is 18.2 Å². The summed E-state index contributed by atoms with van der Waals surface area (Å²) < 4.78 is 18.1. The summed E-state index contributed by atoms with van der Waals surface area (Å²) in [5.41, 5.74) is 0.467. The van der Waals surface area contributed by atoms with E-state index in [0.717, 1.165) is 0 Å². The Balaban J connectivity index is 2.74. The molecule has 0 aliphatic heterocycles. The monoisotopic (exact) mass is 196 g/mol. The van der Waals surface area contributed by atoms with Crippen molar-refractivity contribution in [1.29, 1.82) is 0 Å². The molecule has 2 nitrogen and oxygen atoms in total. The van der Waals surface area contributed by atoms with E-state index in [4.69, 9.17) is 9.84 Å². The van der Waals surface area contributed by atoms with Gasteiger partial charge >= 0.3 is 0 Å². The number of benzene rings is 1. The summed E-state index contributed by atoms with van der Waals surface area (Å²) in [4.78, 5) is 0.